The van der Waals surface area contributed by atoms with Crippen molar-refractivity contribution in [1.82, 2.24) is 0 Å². The molecule has 0 heterocycles. The van der Waals surface area contributed by atoms with E-state index >= 15 is 0 Å². The van der Waals surface area contributed by atoms with Crippen LogP contribution in [-0.2, 0) is 115 Å². The van der Waals surface area contributed by atoms with Gasteiger partial charge in [-0.25, -0.2) is 0 Å². The minimum absolute atomic E-state index is 0. The summed E-state index contributed by atoms with van der Waals surface area (Å²) in [6.45, 7) is 0. The Balaban J connectivity index is 0.000000141. The van der Waals surface area contributed by atoms with Gasteiger partial charge in [-0.3, -0.25) is 23.7 Å². The monoisotopic (exact) mass is 2140 g/mol. The first-order valence-electron chi connectivity index (χ1n) is 38.8. The van der Waals surface area contributed by atoms with Gasteiger partial charge in [-0.1, -0.05) is 307 Å². The quantitative estimate of drug-likeness (QED) is 0.0495. The van der Waals surface area contributed by atoms with Crippen molar-refractivity contribution in [3.8, 4) is 68.2 Å². The first kappa shape index (κ1) is 89.2. The Hall–Kier alpha value is -9.56. The van der Waals surface area contributed by atoms with E-state index in [0.29, 0.717) is 0 Å². The molecule has 8 heteroatoms. The largest absolute Gasteiger partial charge is 1.00 e. The van der Waals surface area contributed by atoms with Crippen LogP contribution in [0.25, 0.3) is 44.5 Å². The summed E-state index contributed by atoms with van der Waals surface area (Å²) >= 11 is 0. The van der Waals surface area contributed by atoms with Gasteiger partial charge in [-0.2, -0.15) is 0 Å². The Kier molecular flexibility index (Phi) is 34.0. The van der Waals surface area contributed by atoms with E-state index in [4.69, 9.17) is 25.7 Å². The van der Waals surface area contributed by atoms with Gasteiger partial charge in [0, 0.05) is 0 Å². The summed E-state index contributed by atoms with van der Waals surface area (Å²) in [5.41, 5.74) is 24.4. The zero-order valence-corrected chi connectivity index (χ0v) is 76.0. The second kappa shape index (κ2) is 45.0. The number of hydrogen-bond donors (Lipinski definition) is 0. The molecule has 0 N–H and O–H groups in total. The van der Waals surface area contributed by atoms with Crippen LogP contribution >= 0.6 is 31.7 Å². The average Bonchev–Trinajstić information content (AvgIpc) is 1.64. The third kappa shape index (κ3) is 21.9. The fraction of sp³-hybridized carbons (Fsp3) is 0.0545. The second-order valence-corrected chi connectivity index (χ2v) is 39.7. The molecule has 0 saturated carbocycles. The van der Waals surface area contributed by atoms with Crippen molar-refractivity contribution in [3.63, 3.8) is 0 Å². The van der Waals surface area contributed by atoms with Gasteiger partial charge in [-0.05, 0) is 184 Å². The molecule has 584 valence electrons. The molecule has 0 saturated heterocycles. The van der Waals surface area contributed by atoms with Crippen molar-refractivity contribution in [2.75, 3.05) is 11.8 Å². The van der Waals surface area contributed by atoms with Gasteiger partial charge in [0.05, 0.1) is 0 Å². The molecule has 4 aliphatic carbocycles. The molecule has 0 amide bonds. The standard InChI is InChI=1S/2C25H22P2.4C15H9.2Ag.2Au/c2*1-5-13-22(14-6-1)26(23-15-7-2-8-16-23)21-27(24-17-9-3-10-18-24)25-19-11-4-12-20-25;2*1-2-11-7-5-8-13-10-12-6-3-4-9-14(12)15(11)13;1-2-11-7-8-15-13(9-11)10-12-5-3-4-6-14(12)15;1-2-11-7-8-13-10-12-5-3-4-6-14(12)15(13)9-11;;;;/h2*1-20H,21H2;4*3-9H,10H2;;;;/q;;4*-1;4*+1/p+4. The van der Waals surface area contributed by atoms with Crippen LogP contribution in [0.2, 0.25) is 0 Å². The Labute approximate surface area is 766 Å². The minimum Gasteiger partial charge on any atom is -0.366 e. The van der Waals surface area contributed by atoms with Crippen LogP contribution in [0.3, 0.4) is 0 Å². The maximum atomic E-state index is 7.30. The molecular formula is C110H84Ag2Au2P4+4. The van der Waals surface area contributed by atoms with Crippen molar-refractivity contribution in [3.05, 3.63) is 505 Å². The first-order chi connectivity index (χ1) is 56.4. The first-order valence-corrected chi connectivity index (χ1v) is 45.6. The van der Waals surface area contributed by atoms with Crippen LogP contribution in [0.1, 0.15) is 66.8 Å². The summed E-state index contributed by atoms with van der Waals surface area (Å²) in [4.78, 5) is 0. The van der Waals surface area contributed by atoms with E-state index in [2.05, 4.69) is 394 Å². The summed E-state index contributed by atoms with van der Waals surface area (Å²) in [6, 6.07) is 147. The topological polar surface area (TPSA) is 0 Å². The molecule has 0 bridgehead atoms. The summed E-state index contributed by atoms with van der Waals surface area (Å²) in [6.07, 6.45) is 32.8. The van der Waals surface area contributed by atoms with Crippen molar-refractivity contribution >= 4 is 74.1 Å². The molecule has 16 aromatic rings. The smallest absolute Gasteiger partial charge is 0.366 e. The maximum absolute atomic E-state index is 7.30. The van der Waals surface area contributed by atoms with Crippen molar-refractivity contribution in [1.29, 1.82) is 0 Å². The fourth-order valence-electron chi connectivity index (χ4n) is 16.0. The summed E-state index contributed by atoms with van der Waals surface area (Å²) in [5, 5.41) is 12.0. The van der Waals surface area contributed by atoms with Gasteiger partial charge in [0.25, 0.3) is 0 Å². The van der Waals surface area contributed by atoms with Gasteiger partial charge in [0.2, 0.25) is 0 Å². The van der Waals surface area contributed by atoms with Crippen molar-refractivity contribution in [2.24, 2.45) is 0 Å². The molecule has 0 spiro atoms. The number of benzene rings is 16. The van der Waals surface area contributed by atoms with Crippen molar-refractivity contribution in [2.45, 2.75) is 25.7 Å². The van der Waals surface area contributed by atoms with Crippen LogP contribution < -0.4 is 42.4 Å². The zero-order valence-electron chi connectivity index (χ0n) is 64.7. The molecule has 0 radical (unpaired) electrons. The normalized spacial score (nSPS) is 11.0. The predicted octanol–water partition coefficient (Wildman–Crippen LogP) is 22.1. The van der Waals surface area contributed by atoms with Crippen LogP contribution in [0.15, 0.2) is 413 Å². The molecule has 118 heavy (non-hydrogen) atoms. The third-order valence-corrected chi connectivity index (χ3v) is 35.4. The van der Waals surface area contributed by atoms with Gasteiger partial charge in [-0.15, -0.1) is 58.7 Å². The van der Waals surface area contributed by atoms with E-state index in [0.717, 1.165) is 47.9 Å². The molecule has 0 fully saturated rings. The fourth-order valence-corrected chi connectivity index (χ4v) is 31.4. The Bertz CT molecular complexity index is 5530. The molecule has 0 aliphatic heterocycles. The van der Waals surface area contributed by atoms with E-state index in [9.17, 15) is 0 Å². The maximum Gasteiger partial charge on any atom is 1.00 e. The number of hydrogen-bond acceptors (Lipinski definition) is 0. The SMILES string of the molecule is [Ag+].[Ag+].[Au+].[Au+].[C-]#Cc1ccc2c(c1)-c1ccccc1C2.[C-]#Cc1ccc2c(c1)Cc1ccccc1-2.[C-]#Cc1cccc2c1-c1ccccc1C2.[C-]#Cc1cccc2c1-c1ccccc1C2.c1ccc([PH+](C[PH+](c2ccccc2)c2ccccc2)c2ccccc2)cc1.c1ccc([PH+](C[PH+](c2ccccc2)c2ccccc2)c2ccccc2)cc1. The molecule has 16 aromatic carbocycles. The molecular weight excluding hydrogens is 2050 g/mol. The minimum atomic E-state index is -0.847. The van der Waals surface area contributed by atoms with E-state index in [1.54, 1.807) is 0 Å². The summed E-state index contributed by atoms with van der Waals surface area (Å²) in [5.74, 6) is 12.4. The van der Waals surface area contributed by atoms with Gasteiger partial charge >= 0.3 is 89.5 Å². The average molecular weight is 2140 g/mol. The Morgan fingerprint density at radius 2 is 0.424 bits per heavy atom. The molecule has 0 unspecified atom stereocenters. The van der Waals surface area contributed by atoms with E-state index in [1.165, 1.54) is 143 Å². The molecule has 0 atom stereocenters. The Morgan fingerprint density at radius 3 is 0.737 bits per heavy atom. The Morgan fingerprint density at radius 1 is 0.195 bits per heavy atom. The van der Waals surface area contributed by atoms with E-state index < -0.39 is 31.7 Å². The van der Waals surface area contributed by atoms with Gasteiger partial charge in [0.15, 0.2) is 11.8 Å². The number of rotatable bonds is 12. The van der Waals surface area contributed by atoms with Crippen LogP contribution in [0.5, 0.6) is 0 Å². The van der Waals surface area contributed by atoms with Crippen LogP contribution in [0.4, 0.5) is 0 Å². The number of fused-ring (bicyclic) bond motifs is 12. The van der Waals surface area contributed by atoms with E-state index in [1.807, 2.05) is 42.5 Å². The molecule has 4 aliphatic rings. The summed E-state index contributed by atoms with van der Waals surface area (Å²) < 4.78 is 0. The van der Waals surface area contributed by atoms with Gasteiger partial charge in [0.1, 0.15) is 74.1 Å². The van der Waals surface area contributed by atoms with Gasteiger partial charge < -0.3 is 25.7 Å². The molecule has 0 nitrogen and oxygen atoms in total. The van der Waals surface area contributed by atoms with Crippen LogP contribution in [0, 0.1) is 49.4 Å². The van der Waals surface area contributed by atoms with Crippen LogP contribution in [-0.4, -0.2) is 11.8 Å². The van der Waals surface area contributed by atoms with Crippen molar-refractivity contribution < 1.29 is 89.5 Å². The summed E-state index contributed by atoms with van der Waals surface area (Å²) in [7, 11) is -3.39. The zero-order chi connectivity index (χ0) is 77.6. The third-order valence-electron chi connectivity index (χ3n) is 21.5. The predicted molar refractivity (Wildman–Crippen MR) is 495 cm³/mol. The van der Waals surface area contributed by atoms with E-state index in [-0.39, 0.29) is 89.5 Å². The molecule has 20 rings (SSSR count). The molecule has 0 aromatic heterocycles. The second-order valence-electron chi connectivity index (χ2n) is 28.5.